The van der Waals surface area contributed by atoms with Gasteiger partial charge in [0.25, 0.3) is 0 Å². The van der Waals surface area contributed by atoms with Gasteiger partial charge in [-0.05, 0) is 29.3 Å². The van der Waals surface area contributed by atoms with Gasteiger partial charge in [0.2, 0.25) is 5.91 Å². The van der Waals surface area contributed by atoms with Crippen molar-refractivity contribution >= 4 is 11.7 Å². The van der Waals surface area contributed by atoms with Gasteiger partial charge in [-0.15, -0.1) is 0 Å². The lowest BCUT2D eigenvalue weighted by Gasteiger charge is -2.25. The summed E-state index contributed by atoms with van der Waals surface area (Å²) in [5.74, 6) is 0.438. The number of fused-ring (bicyclic) bond motifs is 1. The van der Waals surface area contributed by atoms with Gasteiger partial charge in [0.05, 0.1) is 17.9 Å². The zero-order valence-electron chi connectivity index (χ0n) is 15.0. The maximum atomic E-state index is 12.4. The molecule has 1 aliphatic heterocycles. The van der Waals surface area contributed by atoms with Crippen LogP contribution in [0.25, 0.3) is 11.4 Å². The average Bonchev–Trinajstić information content (AvgIpc) is 3.38. The van der Waals surface area contributed by atoms with Gasteiger partial charge in [-0.1, -0.05) is 30.3 Å². The maximum Gasteiger partial charge on any atom is 0.226 e. The third-order valence-electron chi connectivity index (χ3n) is 5.04. The standard InChI is InChI=1S/C21H18N6O/c28-18-12-16(15-7-2-1-6-14(15)13-27-11-5-10-23-27)19-20(25-26-21(19)24-18)17-8-3-4-9-22-17/h1-11,16H,12-13H2,(H2,24,25,26,28)/t16-/m0/s1. The van der Waals surface area contributed by atoms with Crippen LogP contribution in [-0.4, -0.2) is 30.9 Å². The quantitative estimate of drug-likeness (QED) is 0.577. The van der Waals surface area contributed by atoms with Gasteiger partial charge < -0.3 is 5.32 Å². The number of rotatable bonds is 4. The highest BCUT2D eigenvalue weighted by atomic mass is 16.1. The van der Waals surface area contributed by atoms with Gasteiger partial charge in [0.15, 0.2) is 5.82 Å². The van der Waals surface area contributed by atoms with Crippen molar-refractivity contribution in [1.82, 2.24) is 25.0 Å². The molecule has 0 aliphatic carbocycles. The molecule has 2 N–H and O–H groups in total. The summed E-state index contributed by atoms with van der Waals surface area (Å²) in [7, 11) is 0. The van der Waals surface area contributed by atoms with Crippen LogP contribution < -0.4 is 5.32 Å². The first-order valence-corrected chi connectivity index (χ1v) is 9.14. The molecule has 4 aromatic rings. The highest BCUT2D eigenvalue weighted by Crippen LogP contribution is 2.42. The first-order chi connectivity index (χ1) is 13.8. The second-order valence-electron chi connectivity index (χ2n) is 6.78. The highest BCUT2D eigenvalue weighted by Gasteiger charge is 2.33. The topological polar surface area (TPSA) is 88.5 Å². The molecule has 0 saturated heterocycles. The van der Waals surface area contributed by atoms with Gasteiger partial charge in [-0.3, -0.25) is 19.6 Å². The molecule has 5 rings (SSSR count). The number of aromatic amines is 1. The smallest absolute Gasteiger partial charge is 0.226 e. The van der Waals surface area contributed by atoms with E-state index in [1.54, 1.807) is 12.4 Å². The molecule has 0 bridgehead atoms. The minimum absolute atomic E-state index is 0.0366. The Kier molecular flexibility index (Phi) is 3.97. The minimum atomic E-state index is -0.105. The van der Waals surface area contributed by atoms with E-state index in [9.17, 15) is 4.79 Å². The largest absolute Gasteiger partial charge is 0.309 e. The van der Waals surface area contributed by atoms with E-state index < -0.39 is 0 Å². The molecule has 0 fully saturated rings. The summed E-state index contributed by atoms with van der Waals surface area (Å²) in [4.78, 5) is 16.8. The van der Waals surface area contributed by atoms with Gasteiger partial charge in [-0.2, -0.15) is 10.2 Å². The Balaban J connectivity index is 1.63. The van der Waals surface area contributed by atoms with E-state index in [1.165, 1.54) is 0 Å². The molecule has 0 radical (unpaired) electrons. The Morgan fingerprint density at radius 3 is 2.79 bits per heavy atom. The van der Waals surface area contributed by atoms with Crippen LogP contribution in [0.15, 0.2) is 67.1 Å². The number of hydrogen-bond acceptors (Lipinski definition) is 4. The molecule has 1 amide bonds. The van der Waals surface area contributed by atoms with Crippen molar-refractivity contribution in [1.29, 1.82) is 0 Å². The number of nitrogens with one attached hydrogen (secondary N) is 2. The molecular weight excluding hydrogens is 352 g/mol. The molecule has 138 valence electrons. The molecule has 0 unspecified atom stereocenters. The Labute approximate surface area is 161 Å². The lowest BCUT2D eigenvalue weighted by atomic mass is 9.82. The number of pyridine rings is 1. The number of H-pyrrole nitrogens is 1. The summed E-state index contributed by atoms with van der Waals surface area (Å²) in [6.45, 7) is 0.646. The molecule has 7 nitrogen and oxygen atoms in total. The molecule has 0 spiro atoms. The molecule has 0 saturated carbocycles. The van der Waals surface area contributed by atoms with E-state index in [1.807, 2.05) is 47.3 Å². The van der Waals surface area contributed by atoms with E-state index in [0.717, 1.165) is 28.1 Å². The number of carbonyl (C=O) groups excluding carboxylic acids is 1. The molecule has 1 aromatic carbocycles. The van der Waals surface area contributed by atoms with Crippen LogP contribution in [0, 0.1) is 0 Å². The number of carbonyl (C=O) groups is 1. The SMILES string of the molecule is O=C1C[C@@H](c2ccccc2Cn2cccn2)c2c(n[nH]c2-c2ccccn2)N1. The summed E-state index contributed by atoms with van der Waals surface area (Å²) < 4.78 is 1.89. The average molecular weight is 370 g/mol. The predicted molar refractivity (Wildman–Crippen MR) is 105 cm³/mol. The fourth-order valence-corrected chi connectivity index (χ4v) is 3.81. The zero-order chi connectivity index (χ0) is 18.9. The van der Waals surface area contributed by atoms with Crippen LogP contribution in [-0.2, 0) is 11.3 Å². The summed E-state index contributed by atoms with van der Waals surface area (Å²) in [5.41, 5.74) is 4.86. The fourth-order valence-electron chi connectivity index (χ4n) is 3.81. The van der Waals surface area contributed by atoms with E-state index in [2.05, 4.69) is 37.7 Å². The van der Waals surface area contributed by atoms with Crippen LogP contribution in [0.3, 0.4) is 0 Å². The lowest BCUT2D eigenvalue weighted by molar-refractivity contribution is -0.116. The number of hydrogen-bond donors (Lipinski definition) is 2. The van der Waals surface area contributed by atoms with Crippen LogP contribution >= 0.6 is 0 Å². The molecule has 4 heterocycles. The van der Waals surface area contributed by atoms with Crippen molar-refractivity contribution < 1.29 is 4.79 Å². The van der Waals surface area contributed by atoms with Crippen molar-refractivity contribution in [3.05, 3.63) is 83.8 Å². The van der Waals surface area contributed by atoms with Gasteiger partial charge in [-0.25, -0.2) is 0 Å². The Hall–Kier alpha value is -3.74. The number of anilines is 1. The van der Waals surface area contributed by atoms with Crippen molar-refractivity contribution in [3.8, 4) is 11.4 Å². The maximum absolute atomic E-state index is 12.4. The van der Waals surface area contributed by atoms with Crippen LogP contribution in [0.4, 0.5) is 5.82 Å². The summed E-state index contributed by atoms with van der Waals surface area (Å²) in [5, 5.41) is 14.6. The third kappa shape index (κ3) is 2.87. The number of nitrogens with zero attached hydrogens (tertiary/aromatic N) is 4. The normalized spacial score (nSPS) is 15.9. The van der Waals surface area contributed by atoms with E-state index in [-0.39, 0.29) is 11.8 Å². The van der Waals surface area contributed by atoms with Crippen molar-refractivity contribution in [2.24, 2.45) is 0 Å². The Morgan fingerprint density at radius 1 is 1.07 bits per heavy atom. The first-order valence-electron chi connectivity index (χ1n) is 9.14. The van der Waals surface area contributed by atoms with Gasteiger partial charge in [0.1, 0.15) is 0 Å². The molecule has 1 aliphatic rings. The fraction of sp³-hybridized carbons (Fsp3) is 0.143. The monoisotopic (exact) mass is 370 g/mol. The van der Waals surface area contributed by atoms with E-state index >= 15 is 0 Å². The van der Waals surface area contributed by atoms with Crippen molar-refractivity contribution in [3.63, 3.8) is 0 Å². The summed E-state index contributed by atoms with van der Waals surface area (Å²) in [6.07, 6.45) is 5.82. The predicted octanol–water partition coefficient (Wildman–Crippen LogP) is 3.19. The molecule has 3 aromatic heterocycles. The molecular formula is C21H18N6O. The molecule has 7 heteroatoms. The molecule has 1 atom stereocenters. The Morgan fingerprint density at radius 2 is 1.96 bits per heavy atom. The van der Waals surface area contributed by atoms with Crippen LogP contribution in [0.5, 0.6) is 0 Å². The van der Waals surface area contributed by atoms with Crippen molar-refractivity contribution in [2.75, 3.05) is 5.32 Å². The zero-order valence-corrected chi connectivity index (χ0v) is 15.0. The number of amides is 1. The highest BCUT2D eigenvalue weighted by molar-refractivity contribution is 5.96. The minimum Gasteiger partial charge on any atom is -0.309 e. The second kappa shape index (κ2) is 6.77. The number of aromatic nitrogens is 5. The van der Waals surface area contributed by atoms with Gasteiger partial charge >= 0.3 is 0 Å². The number of benzene rings is 1. The van der Waals surface area contributed by atoms with Gasteiger partial charge in [0, 0.05) is 36.5 Å². The third-order valence-corrected chi connectivity index (χ3v) is 5.04. The summed E-state index contributed by atoms with van der Waals surface area (Å²) in [6, 6.07) is 15.9. The van der Waals surface area contributed by atoms with E-state index in [4.69, 9.17) is 0 Å². The van der Waals surface area contributed by atoms with Crippen molar-refractivity contribution in [2.45, 2.75) is 18.9 Å². The van der Waals surface area contributed by atoms with Crippen LogP contribution in [0.1, 0.15) is 29.0 Å². The lowest BCUT2D eigenvalue weighted by Crippen LogP contribution is -2.24. The summed E-state index contributed by atoms with van der Waals surface area (Å²) >= 11 is 0. The molecule has 28 heavy (non-hydrogen) atoms. The Bertz CT molecular complexity index is 1120. The second-order valence-corrected chi connectivity index (χ2v) is 6.78. The first kappa shape index (κ1) is 16.4. The van der Waals surface area contributed by atoms with E-state index in [0.29, 0.717) is 18.8 Å². The van der Waals surface area contributed by atoms with Crippen LogP contribution in [0.2, 0.25) is 0 Å².